The summed E-state index contributed by atoms with van der Waals surface area (Å²) in [5.74, 6) is 1.71. The van der Waals surface area contributed by atoms with Gasteiger partial charge < -0.3 is 9.88 Å². The van der Waals surface area contributed by atoms with Crippen LogP contribution in [0, 0.1) is 6.92 Å². The molecule has 3 heterocycles. The topological polar surface area (TPSA) is 66.8 Å². The molecule has 0 spiro atoms. The highest BCUT2D eigenvalue weighted by Crippen LogP contribution is 2.28. The lowest BCUT2D eigenvalue weighted by atomic mass is 9.96. The first-order valence-electron chi connectivity index (χ1n) is 9.31. The van der Waals surface area contributed by atoms with Gasteiger partial charge in [0.05, 0.1) is 11.0 Å². The largest absolute Gasteiger partial charge is 0.343 e. The Morgan fingerprint density at radius 3 is 2.81 bits per heavy atom. The highest BCUT2D eigenvalue weighted by Gasteiger charge is 2.25. The van der Waals surface area contributed by atoms with Crippen molar-refractivity contribution in [2.75, 3.05) is 13.1 Å². The minimum Gasteiger partial charge on any atom is -0.343 e. The molecular formula is C20H25N5O. The SMILES string of the molecule is Cc1ccc2nc(C3CCN(C(=O)CCc4ccnn4C)CC3)[nH]c2c1. The molecule has 0 saturated carbocycles. The molecule has 4 rings (SSSR count). The molecule has 3 aromatic rings. The van der Waals surface area contributed by atoms with Gasteiger partial charge in [-0.3, -0.25) is 9.48 Å². The van der Waals surface area contributed by atoms with Crippen molar-refractivity contribution >= 4 is 16.9 Å². The average molecular weight is 351 g/mol. The number of nitrogens with one attached hydrogen (secondary N) is 1. The Labute approximate surface area is 153 Å². The molecule has 0 radical (unpaired) electrons. The van der Waals surface area contributed by atoms with Crippen LogP contribution in [0.4, 0.5) is 0 Å². The number of hydrogen-bond acceptors (Lipinski definition) is 3. The van der Waals surface area contributed by atoms with Crippen molar-refractivity contribution in [2.45, 2.75) is 38.5 Å². The first-order valence-corrected chi connectivity index (χ1v) is 9.31. The first-order chi connectivity index (χ1) is 12.6. The van der Waals surface area contributed by atoms with Crippen molar-refractivity contribution in [2.24, 2.45) is 7.05 Å². The van der Waals surface area contributed by atoms with Crippen LogP contribution in [0.2, 0.25) is 0 Å². The molecule has 0 unspecified atom stereocenters. The van der Waals surface area contributed by atoms with Gasteiger partial charge in [-0.15, -0.1) is 0 Å². The third kappa shape index (κ3) is 3.36. The summed E-state index contributed by atoms with van der Waals surface area (Å²) in [6.07, 6.45) is 5.01. The van der Waals surface area contributed by atoms with Gasteiger partial charge in [-0.25, -0.2) is 4.98 Å². The molecule has 1 N–H and O–H groups in total. The number of carbonyl (C=O) groups is 1. The summed E-state index contributed by atoms with van der Waals surface area (Å²) in [6, 6.07) is 8.28. The highest BCUT2D eigenvalue weighted by molar-refractivity contribution is 5.77. The Morgan fingerprint density at radius 2 is 2.08 bits per heavy atom. The fourth-order valence-electron chi connectivity index (χ4n) is 3.78. The molecule has 1 saturated heterocycles. The maximum absolute atomic E-state index is 12.5. The number of nitrogens with zero attached hydrogens (tertiary/aromatic N) is 4. The zero-order chi connectivity index (χ0) is 18.1. The fraction of sp³-hybridized carbons (Fsp3) is 0.450. The number of benzene rings is 1. The van der Waals surface area contributed by atoms with Crippen LogP contribution in [-0.2, 0) is 18.3 Å². The third-order valence-corrected chi connectivity index (χ3v) is 5.41. The van der Waals surface area contributed by atoms with Crippen LogP contribution < -0.4 is 0 Å². The van der Waals surface area contributed by atoms with Crippen LogP contribution in [0.1, 0.15) is 42.3 Å². The Kier molecular flexibility index (Phi) is 4.49. The van der Waals surface area contributed by atoms with Crippen molar-refractivity contribution in [3.8, 4) is 0 Å². The van der Waals surface area contributed by atoms with E-state index in [-0.39, 0.29) is 5.91 Å². The Bertz CT molecular complexity index is 917. The van der Waals surface area contributed by atoms with Crippen LogP contribution in [0.15, 0.2) is 30.5 Å². The lowest BCUT2D eigenvalue weighted by Gasteiger charge is -2.31. The van der Waals surface area contributed by atoms with Crippen molar-refractivity contribution in [3.05, 3.63) is 47.5 Å². The maximum Gasteiger partial charge on any atom is 0.222 e. The molecule has 1 aliphatic heterocycles. The number of carbonyl (C=O) groups excluding carboxylic acids is 1. The zero-order valence-electron chi connectivity index (χ0n) is 15.4. The van der Waals surface area contributed by atoms with E-state index in [1.807, 2.05) is 22.7 Å². The number of aromatic nitrogens is 4. The summed E-state index contributed by atoms with van der Waals surface area (Å²) in [5.41, 5.74) is 4.47. The normalized spacial score (nSPS) is 15.7. The van der Waals surface area contributed by atoms with Crippen LogP contribution in [0.5, 0.6) is 0 Å². The second-order valence-electron chi connectivity index (χ2n) is 7.24. The van der Waals surface area contributed by atoms with E-state index in [0.29, 0.717) is 12.3 Å². The standard InChI is InChI=1S/C20H25N5O/c1-14-3-5-17-18(13-14)23-20(22-17)15-8-11-25(12-9-15)19(26)6-4-16-7-10-21-24(16)2/h3,5,7,10,13,15H,4,6,8-9,11-12H2,1-2H3,(H,22,23). The molecule has 0 aliphatic carbocycles. The second kappa shape index (κ2) is 6.94. The molecule has 1 aromatic carbocycles. The lowest BCUT2D eigenvalue weighted by Crippen LogP contribution is -2.38. The van der Waals surface area contributed by atoms with E-state index >= 15 is 0 Å². The van der Waals surface area contributed by atoms with Crippen molar-refractivity contribution in [3.63, 3.8) is 0 Å². The van der Waals surface area contributed by atoms with E-state index < -0.39 is 0 Å². The minimum absolute atomic E-state index is 0.241. The van der Waals surface area contributed by atoms with E-state index in [4.69, 9.17) is 4.98 Å². The van der Waals surface area contributed by atoms with Crippen LogP contribution >= 0.6 is 0 Å². The summed E-state index contributed by atoms with van der Waals surface area (Å²) in [6.45, 7) is 3.71. The van der Waals surface area contributed by atoms with Gasteiger partial charge in [0.25, 0.3) is 0 Å². The number of amides is 1. The summed E-state index contributed by atoms with van der Waals surface area (Å²) in [7, 11) is 1.92. The smallest absolute Gasteiger partial charge is 0.222 e. The molecule has 0 bridgehead atoms. The number of piperidine rings is 1. The molecular weight excluding hydrogens is 326 g/mol. The molecule has 0 atom stereocenters. The number of hydrogen-bond donors (Lipinski definition) is 1. The summed E-state index contributed by atoms with van der Waals surface area (Å²) < 4.78 is 1.84. The second-order valence-corrected chi connectivity index (χ2v) is 7.24. The van der Waals surface area contributed by atoms with Crippen LogP contribution in [0.25, 0.3) is 11.0 Å². The minimum atomic E-state index is 0.241. The van der Waals surface area contributed by atoms with Crippen molar-refractivity contribution < 1.29 is 4.79 Å². The quantitative estimate of drug-likeness (QED) is 0.786. The van der Waals surface area contributed by atoms with Gasteiger partial charge in [0.2, 0.25) is 5.91 Å². The number of likely N-dealkylation sites (tertiary alicyclic amines) is 1. The molecule has 136 valence electrons. The van der Waals surface area contributed by atoms with Crippen molar-refractivity contribution in [1.29, 1.82) is 0 Å². The first kappa shape index (κ1) is 16.8. The Balaban J connectivity index is 1.34. The van der Waals surface area contributed by atoms with Gasteiger partial charge >= 0.3 is 0 Å². The molecule has 6 nitrogen and oxygen atoms in total. The summed E-state index contributed by atoms with van der Waals surface area (Å²) in [5, 5.41) is 4.16. The average Bonchev–Trinajstić information content (AvgIpc) is 3.25. The van der Waals surface area contributed by atoms with E-state index in [9.17, 15) is 4.79 Å². The fourth-order valence-corrected chi connectivity index (χ4v) is 3.78. The van der Waals surface area contributed by atoms with E-state index in [2.05, 4.69) is 35.2 Å². The third-order valence-electron chi connectivity index (χ3n) is 5.41. The summed E-state index contributed by atoms with van der Waals surface area (Å²) in [4.78, 5) is 22.7. The number of H-pyrrole nitrogens is 1. The number of fused-ring (bicyclic) bond motifs is 1. The van der Waals surface area contributed by atoms with Crippen LogP contribution in [-0.4, -0.2) is 43.6 Å². The van der Waals surface area contributed by atoms with Gasteiger partial charge in [-0.05, 0) is 49.9 Å². The van der Waals surface area contributed by atoms with E-state index in [1.165, 1.54) is 5.56 Å². The number of aromatic amines is 1. The zero-order valence-corrected chi connectivity index (χ0v) is 15.4. The van der Waals surface area contributed by atoms with Gasteiger partial charge in [0, 0.05) is 44.4 Å². The molecule has 1 aliphatic rings. The monoisotopic (exact) mass is 351 g/mol. The van der Waals surface area contributed by atoms with Gasteiger partial charge in [0.1, 0.15) is 5.82 Å². The van der Waals surface area contributed by atoms with Gasteiger partial charge in [-0.2, -0.15) is 5.10 Å². The summed E-state index contributed by atoms with van der Waals surface area (Å²) >= 11 is 0. The van der Waals surface area contributed by atoms with E-state index in [1.54, 1.807) is 6.20 Å². The Morgan fingerprint density at radius 1 is 1.27 bits per heavy atom. The number of aryl methyl sites for hydroxylation is 3. The lowest BCUT2D eigenvalue weighted by molar-refractivity contribution is -0.132. The van der Waals surface area contributed by atoms with Crippen molar-refractivity contribution in [1.82, 2.24) is 24.6 Å². The maximum atomic E-state index is 12.5. The predicted molar refractivity (Wildman–Crippen MR) is 101 cm³/mol. The van der Waals surface area contributed by atoms with Crippen LogP contribution in [0.3, 0.4) is 0 Å². The van der Waals surface area contributed by atoms with E-state index in [0.717, 1.165) is 54.9 Å². The molecule has 6 heteroatoms. The van der Waals surface area contributed by atoms with Gasteiger partial charge in [-0.1, -0.05) is 6.07 Å². The van der Waals surface area contributed by atoms with Gasteiger partial charge in [0.15, 0.2) is 0 Å². The molecule has 26 heavy (non-hydrogen) atoms. The molecule has 2 aromatic heterocycles. The highest BCUT2D eigenvalue weighted by atomic mass is 16.2. The molecule has 1 amide bonds. The predicted octanol–water partition coefficient (Wildman–Crippen LogP) is 2.94. The number of imidazole rings is 1. The molecule has 1 fully saturated rings. The number of rotatable bonds is 4. The Hall–Kier alpha value is -2.63.